The zero-order valence-corrected chi connectivity index (χ0v) is 14.7. The van der Waals surface area contributed by atoms with Crippen molar-refractivity contribution in [2.75, 3.05) is 35.7 Å². The number of carbonyl (C=O) groups is 1. The highest BCUT2D eigenvalue weighted by atomic mass is 16.1. The lowest BCUT2D eigenvalue weighted by Crippen LogP contribution is -2.32. The molecule has 9 heteroatoms. The van der Waals surface area contributed by atoms with Crippen molar-refractivity contribution in [3.63, 3.8) is 0 Å². The Morgan fingerprint density at radius 1 is 1.33 bits per heavy atom. The second kappa shape index (κ2) is 7.02. The molecule has 0 atom stereocenters. The van der Waals surface area contributed by atoms with Gasteiger partial charge in [-0.1, -0.05) is 18.2 Å². The fourth-order valence-electron chi connectivity index (χ4n) is 3.30. The van der Waals surface area contributed by atoms with Gasteiger partial charge in [-0.3, -0.25) is 14.6 Å². The number of aromatic amines is 2. The van der Waals surface area contributed by atoms with E-state index in [0.29, 0.717) is 37.7 Å². The number of carbonyl (C=O) groups excluding carboxylic acids is 1. The number of nitrogens with one attached hydrogen (secondary N) is 4. The van der Waals surface area contributed by atoms with E-state index < -0.39 is 0 Å². The van der Waals surface area contributed by atoms with Gasteiger partial charge in [0, 0.05) is 36.6 Å². The fraction of sp³-hybridized carbons (Fsp3) is 0.278. The maximum absolute atomic E-state index is 12.2. The summed E-state index contributed by atoms with van der Waals surface area (Å²) in [5, 5.41) is 7.10. The molecule has 4 rings (SSSR count). The summed E-state index contributed by atoms with van der Waals surface area (Å²) in [5.41, 5.74) is 7.97. The van der Waals surface area contributed by atoms with E-state index in [9.17, 15) is 9.59 Å². The Morgan fingerprint density at radius 3 is 3.07 bits per heavy atom. The van der Waals surface area contributed by atoms with Gasteiger partial charge in [-0.2, -0.15) is 4.98 Å². The number of aromatic nitrogens is 3. The number of benzene rings is 1. The van der Waals surface area contributed by atoms with E-state index in [1.807, 2.05) is 29.3 Å². The normalized spacial score (nSPS) is 12.8. The summed E-state index contributed by atoms with van der Waals surface area (Å²) in [6, 6.07) is 8.10. The predicted molar refractivity (Wildman–Crippen MR) is 105 cm³/mol. The second-order valence-electron chi connectivity index (χ2n) is 6.46. The van der Waals surface area contributed by atoms with Gasteiger partial charge >= 0.3 is 0 Å². The minimum absolute atomic E-state index is 0.0406. The van der Waals surface area contributed by atoms with Crippen molar-refractivity contribution in [3.8, 4) is 0 Å². The lowest BCUT2D eigenvalue weighted by atomic mass is 10.1. The summed E-state index contributed by atoms with van der Waals surface area (Å²) in [5.74, 6) is 0.513. The Balaban J connectivity index is 1.28. The summed E-state index contributed by atoms with van der Waals surface area (Å²) in [6.07, 6.45) is 3.05. The standard InChI is InChI=1S/C18H21N7O2/c19-18-23-16-15(17(27)24-18)22-10-25(16)8-6-14(26)20-7-5-11-9-21-13-4-2-1-3-12(11)13/h1-4,9,21-22H,5-8,10H2,(H,20,26)(H3,19,23,24,27). The summed E-state index contributed by atoms with van der Waals surface area (Å²) < 4.78 is 0. The second-order valence-corrected chi connectivity index (χ2v) is 6.46. The highest BCUT2D eigenvalue weighted by Gasteiger charge is 2.23. The number of nitrogens with two attached hydrogens (primary N) is 1. The van der Waals surface area contributed by atoms with Crippen LogP contribution in [0.2, 0.25) is 0 Å². The van der Waals surface area contributed by atoms with Crippen molar-refractivity contribution in [3.05, 3.63) is 46.4 Å². The number of rotatable bonds is 6. The maximum atomic E-state index is 12.2. The van der Waals surface area contributed by atoms with Crippen LogP contribution in [0.15, 0.2) is 35.3 Å². The van der Waals surface area contributed by atoms with Crippen LogP contribution < -0.4 is 26.8 Å². The van der Waals surface area contributed by atoms with Gasteiger partial charge in [0.25, 0.3) is 5.56 Å². The molecule has 2 aromatic heterocycles. The van der Waals surface area contributed by atoms with Crippen molar-refractivity contribution in [2.24, 2.45) is 0 Å². The Morgan fingerprint density at radius 2 is 2.19 bits per heavy atom. The van der Waals surface area contributed by atoms with Gasteiger partial charge in [-0.15, -0.1) is 0 Å². The van der Waals surface area contributed by atoms with Crippen LogP contribution in [0.1, 0.15) is 12.0 Å². The van der Waals surface area contributed by atoms with Crippen molar-refractivity contribution in [2.45, 2.75) is 12.8 Å². The van der Waals surface area contributed by atoms with E-state index in [2.05, 4.69) is 31.7 Å². The summed E-state index contributed by atoms with van der Waals surface area (Å²) in [6.45, 7) is 1.45. The summed E-state index contributed by atoms with van der Waals surface area (Å²) in [4.78, 5) is 35.6. The van der Waals surface area contributed by atoms with Crippen molar-refractivity contribution < 1.29 is 4.79 Å². The lowest BCUT2D eigenvalue weighted by Gasteiger charge is -2.16. The molecule has 0 saturated heterocycles. The van der Waals surface area contributed by atoms with E-state index in [1.165, 1.54) is 10.9 Å². The first-order valence-corrected chi connectivity index (χ1v) is 8.82. The van der Waals surface area contributed by atoms with Gasteiger partial charge < -0.3 is 26.3 Å². The molecule has 1 aliphatic heterocycles. The van der Waals surface area contributed by atoms with Gasteiger partial charge in [0.15, 0.2) is 5.82 Å². The number of nitrogen functional groups attached to an aromatic ring is 1. The molecule has 0 aliphatic carbocycles. The fourth-order valence-corrected chi connectivity index (χ4v) is 3.30. The summed E-state index contributed by atoms with van der Waals surface area (Å²) >= 11 is 0. The first kappa shape index (κ1) is 17.0. The van der Waals surface area contributed by atoms with Gasteiger partial charge in [0.05, 0.1) is 6.67 Å². The molecule has 0 bridgehead atoms. The quantitative estimate of drug-likeness (QED) is 0.437. The molecule has 3 heterocycles. The molecule has 0 spiro atoms. The zero-order chi connectivity index (χ0) is 18.8. The first-order valence-electron chi connectivity index (χ1n) is 8.82. The number of H-pyrrole nitrogens is 2. The molecule has 140 valence electrons. The molecule has 0 unspecified atom stereocenters. The number of nitrogens with zero attached hydrogens (tertiary/aromatic N) is 2. The van der Waals surface area contributed by atoms with Crippen LogP contribution in [0.3, 0.4) is 0 Å². The van der Waals surface area contributed by atoms with Gasteiger partial charge in [0.1, 0.15) is 5.69 Å². The largest absolute Gasteiger partial charge is 0.369 e. The third-order valence-electron chi connectivity index (χ3n) is 4.67. The Bertz CT molecular complexity index is 1040. The van der Waals surface area contributed by atoms with Crippen molar-refractivity contribution in [1.82, 2.24) is 20.3 Å². The highest BCUT2D eigenvalue weighted by Crippen LogP contribution is 2.25. The average Bonchev–Trinajstić information content (AvgIpc) is 3.24. The van der Waals surface area contributed by atoms with E-state index in [1.54, 1.807) is 0 Å². The van der Waals surface area contributed by atoms with Crippen LogP contribution in [0, 0.1) is 0 Å². The van der Waals surface area contributed by atoms with Crippen LogP contribution in [-0.4, -0.2) is 40.6 Å². The minimum atomic E-state index is -0.303. The number of fused-ring (bicyclic) bond motifs is 2. The lowest BCUT2D eigenvalue weighted by molar-refractivity contribution is -0.120. The Kier molecular flexibility index (Phi) is 4.41. The molecule has 0 fully saturated rings. The smallest absolute Gasteiger partial charge is 0.277 e. The van der Waals surface area contributed by atoms with Crippen LogP contribution in [0.25, 0.3) is 10.9 Å². The van der Waals surface area contributed by atoms with E-state index >= 15 is 0 Å². The van der Waals surface area contributed by atoms with Crippen molar-refractivity contribution in [1.29, 1.82) is 0 Å². The molecule has 9 nitrogen and oxygen atoms in total. The molecule has 3 aromatic rings. The van der Waals surface area contributed by atoms with Gasteiger partial charge in [0.2, 0.25) is 11.9 Å². The molecule has 1 aliphatic rings. The highest BCUT2D eigenvalue weighted by molar-refractivity contribution is 5.83. The van der Waals surface area contributed by atoms with Crippen molar-refractivity contribution >= 4 is 34.3 Å². The first-order chi connectivity index (χ1) is 13.1. The molecule has 0 saturated carbocycles. The Labute approximate surface area is 155 Å². The van der Waals surface area contributed by atoms with Crippen LogP contribution in [0.4, 0.5) is 17.5 Å². The minimum Gasteiger partial charge on any atom is -0.369 e. The maximum Gasteiger partial charge on any atom is 0.277 e. The molecule has 0 radical (unpaired) electrons. The molecule has 1 aromatic carbocycles. The zero-order valence-electron chi connectivity index (χ0n) is 14.7. The molecular formula is C18H21N7O2. The predicted octanol–water partition coefficient (Wildman–Crippen LogP) is 0.772. The third kappa shape index (κ3) is 3.43. The topological polar surface area (TPSA) is 132 Å². The van der Waals surface area contributed by atoms with Crippen LogP contribution in [-0.2, 0) is 11.2 Å². The van der Waals surface area contributed by atoms with Crippen LogP contribution in [0.5, 0.6) is 0 Å². The van der Waals surface area contributed by atoms with Gasteiger partial charge in [-0.25, -0.2) is 0 Å². The number of anilines is 3. The molecule has 1 amide bonds. The Hall–Kier alpha value is -3.49. The number of hydrogen-bond acceptors (Lipinski definition) is 6. The molecular weight excluding hydrogens is 346 g/mol. The summed E-state index contributed by atoms with van der Waals surface area (Å²) in [7, 11) is 0. The number of amides is 1. The van der Waals surface area contributed by atoms with Gasteiger partial charge in [-0.05, 0) is 18.1 Å². The third-order valence-corrected chi connectivity index (χ3v) is 4.67. The molecule has 6 N–H and O–H groups in total. The van der Waals surface area contributed by atoms with E-state index in [-0.39, 0.29) is 17.4 Å². The molecule has 27 heavy (non-hydrogen) atoms. The van der Waals surface area contributed by atoms with E-state index in [0.717, 1.165) is 11.9 Å². The monoisotopic (exact) mass is 367 g/mol. The van der Waals surface area contributed by atoms with Crippen LogP contribution >= 0.6 is 0 Å². The SMILES string of the molecule is Nc1nc2c(c(=O)[nH]1)NCN2CCC(=O)NCCc1c[nH]c2ccccc12. The number of para-hydroxylation sites is 1. The van der Waals surface area contributed by atoms with E-state index in [4.69, 9.17) is 5.73 Å². The number of hydrogen-bond donors (Lipinski definition) is 5. The average molecular weight is 367 g/mol.